The molecule has 0 fully saturated rings. The number of pyridine rings is 1. The third-order valence-corrected chi connectivity index (χ3v) is 3.33. The summed E-state index contributed by atoms with van der Waals surface area (Å²) in [5, 5.41) is 9.18. The average Bonchev–Trinajstić information content (AvgIpc) is 2.51. The molecule has 126 valence electrons. The molecule has 0 radical (unpaired) electrons. The van der Waals surface area contributed by atoms with Crippen LogP contribution in [0.1, 0.15) is 28.2 Å². The molecule has 0 saturated carbocycles. The molecule has 24 heavy (non-hydrogen) atoms. The molecule has 0 saturated heterocycles. The summed E-state index contributed by atoms with van der Waals surface area (Å²) in [5.74, 6) is -0.900. The normalized spacial score (nSPS) is 13.4. The van der Waals surface area contributed by atoms with Gasteiger partial charge >= 0.3 is 12.4 Å². The highest BCUT2D eigenvalue weighted by Crippen LogP contribution is 2.37. The minimum Gasteiger partial charge on any atom is -0.264 e. The number of hydrogen-bond donors (Lipinski definition) is 0. The van der Waals surface area contributed by atoms with Crippen molar-refractivity contribution in [2.75, 3.05) is 0 Å². The van der Waals surface area contributed by atoms with Crippen LogP contribution in [0, 0.1) is 11.3 Å². The fourth-order valence-corrected chi connectivity index (χ4v) is 2.19. The van der Waals surface area contributed by atoms with Crippen LogP contribution >= 0.6 is 0 Å². The van der Waals surface area contributed by atoms with Gasteiger partial charge in [0, 0.05) is 12.4 Å². The van der Waals surface area contributed by atoms with Gasteiger partial charge in [0.25, 0.3) is 0 Å². The maximum absolute atomic E-state index is 12.8. The Labute approximate surface area is 133 Å². The van der Waals surface area contributed by atoms with Crippen LogP contribution in [0.4, 0.5) is 26.3 Å². The summed E-state index contributed by atoms with van der Waals surface area (Å²) in [4.78, 5) is 3.80. The van der Waals surface area contributed by atoms with E-state index in [1.807, 2.05) is 6.07 Å². The van der Waals surface area contributed by atoms with Crippen molar-refractivity contribution in [3.8, 4) is 6.07 Å². The SMILES string of the molecule is N#CC(Cc1cc(C(F)(F)F)cc(C(F)(F)F)c1)c1cccnc1. The summed E-state index contributed by atoms with van der Waals surface area (Å²) in [6.07, 6.45) is -7.30. The second-order valence-electron chi connectivity index (χ2n) is 5.09. The summed E-state index contributed by atoms with van der Waals surface area (Å²) in [6.45, 7) is 0. The van der Waals surface area contributed by atoms with Crippen LogP contribution in [0.2, 0.25) is 0 Å². The van der Waals surface area contributed by atoms with E-state index in [1.165, 1.54) is 18.5 Å². The Morgan fingerprint density at radius 2 is 1.58 bits per heavy atom. The van der Waals surface area contributed by atoms with Crippen molar-refractivity contribution in [3.63, 3.8) is 0 Å². The molecule has 2 aromatic rings. The zero-order valence-corrected chi connectivity index (χ0v) is 12.0. The van der Waals surface area contributed by atoms with Crippen LogP contribution in [0.5, 0.6) is 0 Å². The van der Waals surface area contributed by atoms with Crippen molar-refractivity contribution < 1.29 is 26.3 Å². The molecule has 2 nitrogen and oxygen atoms in total. The van der Waals surface area contributed by atoms with Crippen LogP contribution < -0.4 is 0 Å². The monoisotopic (exact) mass is 344 g/mol. The Bertz CT molecular complexity index is 712. The molecule has 0 amide bonds. The number of benzene rings is 1. The molecule has 2 rings (SSSR count). The lowest BCUT2D eigenvalue weighted by molar-refractivity contribution is -0.143. The minimum absolute atomic E-state index is 0.0644. The van der Waals surface area contributed by atoms with E-state index in [0.29, 0.717) is 17.7 Å². The third kappa shape index (κ3) is 4.25. The maximum Gasteiger partial charge on any atom is 0.416 e. The standard InChI is InChI=1S/C16H10F6N2/c17-15(18,19)13-5-10(6-14(7-13)16(20,21)22)4-12(8-23)11-2-1-3-24-9-11/h1-3,5-7,9,12H,4H2. The molecular formula is C16H10F6N2. The van der Waals surface area contributed by atoms with E-state index in [0.717, 1.165) is 0 Å². The summed E-state index contributed by atoms with van der Waals surface area (Å²) in [6, 6.07) is 6.29. The Morgan fingerprint density at radius 3 is 2.00 bits per heavy atom. The number of nitriles is 1. The van der Waals surface area contributed by atoms with E-state index in [1.54, 1.807) is 6.07 Å². The summed E-state index contributed by atoms with van der Waals surface area (Å²) in [5.41, 5.74) is -2.58. The molecule has 1 atom stereocenters. The van der Waals surface area contributed by atoms with Crippen molar-refractivity contribution in [3.05, 3.63) is 65.0 Å². The number of hydrogen-bond acceptors (Lipinski definition) is 2. The molecule has 0 spiro atoms. The van der Waals surface area contributed by atoms with E-state index in [4.69, 9.17) is 0 Å². The van der Waals surface area contributed by atoms with E-state index >= 15 is 0 Å². The molecule has 0 aliphatic rings. The van der Waals surface area contributed by atoms with Crippen molar-refractivity contribution >= 4 is 0 Å². The molecule has 8 heteroatoms. The molecular weight excluding hydrogens is 334 g/mol. The highest BCUT2D eigenvalue weighted by atomic mass is 19.4. The van der Waals surface area contributed by atoms with E-state index in [9.17, 15) is 31.6 Å². The lowest BCUT2D eigenvalue weighted by Crippen LogP contribution is -2.12. The third-order valence-electron chi connectivity index (χ3n) is 3.33. The Hall–Kier alpha value is -2.56. The minimum atomic E-state index is -4.91. The average molecular weight is 344 g/mol. The first kappa shape index (κ1) is 17.8. The van der Waals surface area contributed by atoms with Crippen LogP contribution in [-0.2, 0) is 18.8 Å². The van der Waals surface area contributed by atoms with Gasteiger partial charge in [0.2, 0.25) is 0 Å². The topological polar surface area (TPSA) is 36.7 Å². The van der Waals surface area contributed by atoms with Gasteiger partial charge in [-0.2, -0.15) is 31.6 Å². The number of alkyl halides is 6. The van der Waals surface area contributed by atoms with Crippen molar-refractivity contribution in [2.45, 2.75) is 24.7 Å². The highest BCUT2D eigenvalue weighted by Gasteiger charge is 2.37. The van der Waals surface area contributed by atoms with Crippen molar-refractivity contribution in [1.29, 1.82) is 5.26 Å². The van der Waals surface area contributed by atoms with E-state index < -0.39 is 29.4 Å². The lowest BCUT2D eigenvalue weighted by Gasteiger charge is -2.15. The number of nitrogens with zero attached hydrogens (tertiary/aromatic N) is 2. The highest BCUT2D eigenvalue weighted by molar-refractivity contribution is 5.36. The fraction of sp³-hybridized carbons (Fsp3) is 0.250. The molecule has 1 heterocycles. The van der Waals surface area contributed by atoms with Crippen molar-refractivity contribution in [2.24, 2.45) is 0 Å². The Morgan fingerprint density at radius 1 is 1.00 bits per heavy atom. The lowest BCUT2D eigenvalue weighted by atomic mass is 9.92. The van der Waals surface area contributed by atoms with Gasteiger partial charge in [0.1, 0.15) is 0 Å². The predicted molar refractivity (Wildman–Crippen MR) is 72.7 cm³/mol. The summed E-state index contributed by atoms with van der Waals surface area (Å²) in [7, 11) is 0. The van der Waals surface area contributed by atoms with Gasteiger partial charge in [-0.25, -0.2) is 0 Å². The van der Waals surface area contributed by atoms with E-state index in [2.05, 4.69) is 4.98 Å². The van der Waals surface area contributed by atoms with Crippen LogP contribution in [0.3, 0.4) is 0 Å². The Kier molecular flexibility index (Phi) is 4.83. The zero-order valence-electron chi connectivity index (χ0n) is 12.0. The smallest absolute Gasteiger partial charge is 0.264 e. The Balaban J connectivity index is 2.44. The van der Waals surface area contributed by atoms with Crippen LogP contribution in [0.15, 0.2) is 42.7 Å². The van der Waals surface area contributed by atoms with Gasteiger partial charge in [0.15, 0.2) is 0 Å². The molecule has 0 aliphatic heterocycles. The fourth-order valence-electron chi connectivity index (χ4n) is 2.19. The summed E-state index contributed by atoms with van der Waals surface area (Å²) >= 11 is 0. The first-order valence-electron chi connectivity index (χ1n) is 6.69. The molecule has 0 aliphatic carbocycles. The van der Waals surface area contributed by atoms with Gasteiger partial charge in [0.05, 0.1) is 23.1 Å². The number of rotatable bonds is 3. The second-order valence-corrected chi connectivity index (χ2v) is 5.09. The van der Waals surface area contributed by atoms with Crippen LogP contribution in [0.25, 0.3) is 0 Å². The molecule has 0 bridgehead atoms. The number of aromatic nitrogens is 1. The van der Waals surface area contributed by atoms with E-state index in [-0.39, 0.29) is 18.1 Å². The number of halogens is 6. The first-order valence-corrected chi connectivity index (χ1v) is 6.69. The molecule has 0 N–H and O–H groups in total. The van der Waals surface area contributed by atoms with Crippen LogP contribution in [-0.4, -0.2) is 4.98 Å². The largest absolute Gasteiger partial charge is 0.416 e. The molecule has 1 unspecified atom stereocenters. The predicted octanol–water partition coefficient (Wildman–Crippen LogP) is 4.97. The van der Waals surface area contributed by atoms with Gasteiger partial charge < -0.3 is 0 Å². The molecule has 1 aromatic heterocycles. The first-order chi connectivity index (χ1) is 11.1. The molecule has 1 aromatic carbocycles. The maximum atomic E-state index is 12.8. The van der Waals surface area contributed by atoms with Gasteiger partial charge in [-0.15, -0.1) is 0 Å². The summed E-state index contributed by atoms with van der Waals surface area (Å²) < 4.78 is 77.0. The quantitative estimate of drug-likeness (QED) is 0.737. The second kappa shape index (κ2) is 6.51. The van der Waals surface area contributed by atoms with Gasteiger partial charge in [-0.05, 0) is 41.8 Å². The zero-order chi connectivity index (χ0) is 18.0. The van der Waals surface area contributed by atoms with Gasteiger partial charge in [-0.1, -0.05) is 6.07 Å². The van der Waals surface area contributed by atoms with Crippen molar-refractivity contribution in [1.82, 2.24) is 4.98 Å². The van der Waals surface area contributed by atoms with Gasteiger partial charge in [-0.3, -0.25) is 4.98 Å².